The number of hydrogen-bond acceptors (Lipinski definition) is 5. The van der Waals surface area contributed by atoms with E-state index in [0.29, 0.717) is 30.5 Å². The van der Waals surface area contributed by atoms with Gasteiger partial charge >= 0.3 is 0 Å². The first-order valence-corrected chi connectivity index (χ1v) is 10.6. The van der Waals surface area contributed by atoms with Crippen LogP contribution in [0, 0.1) is 11.8 Å². The van der Waals surface area contributed by atoms with Gasteiger partial charge in [-0.15, -0.1) is 0 Å². The maximum atomic E-state index is 13.0. The van der Waals surface area contributed by atoms with Gasteiger partial charge in [0.15, 0.2) is 0 Å². The average molecular weight is 379 g/mol. The van der Waals surface area contributed by atoms with Gasteiger partial charge in [-0.25, -0.2) is 8.42 Å². The number of sulfonamides is 1. The smallest absolute Gasteiger partial charge is 0.253 e. The fraction of sp³-hybridized carbons (Fsp3) is 0.611. The molecule has 3 saturated heterocycles. The third-order valence-corrected chi connectivity index (χ3v) is 7.69. The number of methoxy groups -OCH3 is 1. The standard InChI is InChI=1S/C18H25N3O4S/c1-25-16-5-4-13(8-17(16)26(23,24)21-6-2-3-7-21)18(22)20-11-14-9-19-10-15(14)12-20/h4-5,8,14-15,19H,2-3,6-7,9-12H2,1H3/t14-,15+. The number of nitrogens with one attached hydrogen (secondary N) is 1. The van der Waals surface area contributed by atoms with E-state index in [9.17, 15) is 13.2 Å². The van der Waals surface area contributed by atoms with Crippen LogP contribution in [0.5, 0.6) is 5.75 Å². The number of likely N-dealkylation sites (tertiary alicyclic amines) is 1. The quantitative estimate of drug-likeness (QED) is 0.836. The van der Waals surface area contributed by atoms with Crippen LogP contribution in [0.3, 0.4) is 0 Å². The number of hydrogen-bond donors (Lipinski definition) is 1. The molecule has 2 atom stereocenters. The van der Waals surface area contributed by atoms with E-state index in [-0.39, 0.29) is 16.6 Å². The Morgan fingerprint density at radius 1 is 1.15 bits per heavy atom. The van der Waals surface area contributed by atoms with Crippen LogP contribution in [0.25, 0.3) is 0 Å². The van der Waals surface area contributed by atoms with Crippen molar-refractivity contribution in [3.05, 3.63) is 23.8 Å². The first-order chi connectivity index (χ1) is 12.5. The number of ether oxygens (including phenoxy) is 1. The van der Waals surface area contributed by atoms with E-state index in [4.69, 9.17) is 4.74 Å². The number of fused-ring (bicyclic) bond motifs is 1. The van der Waals surface area contributed by atoms with E-state index < -0.39 is 10.0 Å². The molecule has 1 aromatic rings. The van der Waals surface area contributed by atoms with Crippen molar-refractivity contribution in [1.82, 2.24) is 14.5 Å². The first kappa shape index (κ1) is 17.8. The van der Waals surface area contributed by atoms with Crippen molar-refractivity contribution in [2.75, 3.05) is 46.4 Å². The van der Waals surface area contributed by atoms with Gasteiger partial charge in [0.25, 0.3) is 5.91 Å². The van der Waals surface area contributed by atoms with Crippen LogP contribution in [0.1, 0.15) is 23.2 Å². The fourth-order valence-corrected chi connectivity index (χ4v) is 5.98. The maximum absolute atomic E-state index is 13.0. The summed E-state index contributed by atoms with van der Waals surface area (Å²) in [5.41, 5.74) is 0.413. The van der Waals surface area contributed by atoms with Gasteiger partial charge in [0.2, 0.25) is 10.0 Å². The Labute approximate surface area is 154 Å². The SMILES string of the molecule is COc1ccc(C(=O)N2C[C@H]3CNC[C@H]3C2)cc1S(=O)(=O)N1CCCC1. The van der Waals surface area contributed by atoms with Crippen molar-refractivity contribution in [3.8, 4) is 5.75 Å². The lowest BCUT2D eigenvalue weighted by Crippen LogP contribution is -2.32. The Morgan fingerprint density at radius 2 is 1.81 bits per heavy atom. The van der Waals surface area contributed by atoms with Gasteiger partial charge in [-0.05, 0) is 42.9 Å². The highest BCUT2D eigenvalue weighted by molar-refractivity contribution is 7.89. The summed E-state index contributed by atoms with van der Waals surface area (Å²) in [6.45, 7) is 4.41. The minimum atomic E-state index is -3.65. The monoisotopic (exact) mass is 379 g/mol. The number of amides is 1. The highest BCUT2D eigenvalue weighted by Gasteiger charge is 2.39. The van der Waals surface area contributed by atoms with Gasteiger partial charge in [-0.3, -0.25) is 4.79 Å². The predicted molar refractivity (Wildman–Crippen MR) is 96.7 cm³/mol. The minimum absolute atomic E-state index is 0.0915. The summed E-state index contributed by atoms with van der Waals surface area (Å²) in [7, 11) is -2.20. The van der Waals surface area contributed by atoms with Crippen LogP contribution >= 0.6 is 0 Å². The van der Waals surface area contributed by atoms with Gasteiger partial charge in [-0.1, -0.05) is 0 Å². The molecule has 0 bridgehead atoms. The lowest BCUT2D eigenvalue weighted by molar-refractivity contribution is 0.0781. The topological polar surface area (TPSA) is 79.0 Å². The van der Waals surface area contributed by atoms with Crippen LogP contribution in [-0.4, -0.2) is 69.9 Å². The van der Waals surface area contributed by atoms with Crippen molar-refractivity contribution < 1.29 is 17.9 Å². The Morgan fingerprint density at radius 3 is 2.42 bits per heavy atom. The summed E-state index contributed by atoms with van der Waals surface area (Å²) in [6, 6.07) is 4.74. The van der Waals surface area contributed by atoms with Gasteiger partial charge < -0.3 is 15.0 Å². The average Bonchev–Trinajstić information content (AvgIpc) is 3.36. The third kappa shape index (κ3) is 3.00. The molecule has 3 aliphatic rings. The second kappa shape index (κ2) is 6.83. The Kier molecular flexibility index (Phi) is 4.66. The summed E-state index contributed by atoms with van der Waals surface area (Å²) in [4.78, 5) is 14.9. The zero-order valence-corrected chi connectivity index (χ0v) is 15.8. The van der Waals surface area contributed by atoms with Crippen LogP contribution < -0.4 is 10.1 Å². The zero-order valence-electron chi connectivity index (χ0n) is 15.0. The number of benzene rings is 1. The Hall–Kier alpha value is -1.64. The molecule has 0 radical (unpaired) electrons. The summed E-state index contributed by atoms with van der Waals surface area (Å²) >= 11 is 0. The lowest BCUT2D eigenvalue weighted by Gasteiger charge is -2.20. The number of nitrogens with zero attached hydrogens (tertiary/aromatic N) is 2. The van der Waals surface area contributed by atoms with E-state index in [2.05, 4.69) is 5.32 Å². The van der Waals surface area contributed by atoms with Crippen molar-refractivity contribution in [1.29, 1.82) is 0 Å². The highest BCUT2D eigenvalue weighted by atomic mass is 32.2. The van der Waals surface area contributed by atoms with Gasteiger partial charge in [0, 0.05) is 44.8 Å². The summed E-state index contributed by atoms with van der Waals surface area (Å²) in [6.07, 6.45) is 1.73. The highest BCUT2D eigenvalue weighted by Crippen LogP contribution is 2.32. The summed E-state index contributed by atoms with van der Waals surface area (Å²) < 4.78 is 32.7. The van der Waals surface area contributed by atoms with Crippen molar-refractivity contribution in [3.63, 3.8) is 0 Å². The molecule has 7 nitrogen and oxygen atoms in total. The largest absolute Gasteiger partial charge is 0.495 e. The molecule has 26 heavy (non-hydrogen) atoms. The van der Waals surface area contributed by atoms with Gasteiger partial charge in [-0.2, -0.15) is 4.31 Å². The van der Waals surface area contributed by atoms with Gasteiger partial charge in [0.1, 0.15) is 10.6 Å². The molecule has 8 heteroatoms. The van der Waals surface area contributed by atoms with E-state index >= 15 is 0 Å². The molecule has 3 fully saturated rings. The Bertz CT molecular complexity index is 793. The van der Waals surface area contributed by atoms with Crippen LogP contribution in [0.15, 0.2) is 23.1 Å². The number of carbonyl (C=O) groups excluding carboxylic acids is 1. The van der Waals surface area contributed by atoms with Crippen LogP contribution in [0.4, 0.5) is 0 Å². The molecule has 0 aromatic heterocycles. The maximum Gasteiger partial charge on any atom is 0.253 e. The van der Waals surface area contributed by atoms with E-state index in [1.807, 2.05) is 4.90 Å². The lowest BCUT2D eigenvalue weighted by atomic mass is 10.0. The fourth-order valence-electron chi connectivity index (χ4n) is 4.28. The molecule has 0 saturated carbocycles. The van der Waals surface area contributed by atoms with Crippen LogP contribution in [-0.2, 0) is 10.0 Å². The van der Waals surface area contributed by atoms with Crippen molar-refractivity contribution in [2.24, 2.45) is 11.8 Å². The summed E-state index contributed by atoms with van der Waals surface area (Å²) in [5, 5.41) is 3.36. The molecule has 0 spiro atoms. The van der Waals surface area contributed by atoms with Crippen molar-refractivity contribution in [2.45, 2.75) is 17.7 Å². The molecule has 1 N–H and O–H groups in total. The molecular formula is C18H25N3O4S. The first-order valence-electron chi connectivity index (χ1n) is 9.19. The Balaban J connectivity index is 1.63. The molecule has 4 rings (SSSR count). The molecule has 3 heterocycles. The molecule has 142 valence electrons. The molecule has 1 aromatic carbocycles. The normalized spacial score (nSPS) is 26.3. The molecule has 0 unspecified atom stereocenters. The molecule has 3 aliphatic heterocycles. The molecule has 0 aliphatic carbocycles. The number of rotatable bonds is 4. The molecular weight excluding hydrogens is 354 g/mol. The van der Waals surface area contributed by atoms with Crippen molar-refractivity contribution >= 4 is 15.9 Å². The van der Waals surface area contributed by atoms with E-state index in [0.717, 1.165) is 39.0 Å². The number of carbonyl (C=O) groups is 1. The van der Waals surface area contributed by atoms with Crippen LogP contribution in [0.2, 0.25) is 0 Å². The zero-order chi connectivity index (χ0) is 18.3. The predicted octanol–water partition coefficient (Wildman–Crippen LogP) is 0.771. The van der Waals surface area contributed by atoms with E-state index in [1.54, 1.807) is 12.1 Å². The van der Waals surface area contributed by atoms with E-state index in [1.165, 1.54) is 17.5 Å². The molecule has 1 amide bonds. The van der Waals surface area contributed by atoms with Gasteiger partial charge in [0.05, 0.1) is 7.11 Å². The second-order valence-electron chi connectivity index (χ2n) is 7.37. The second-order valence-corrected chi connectivity index (χ2v) is 9.27. The third-order valence-electron chi connectivity index (χ3n) is 5.77. The minimum Gasteiger partial charge on any atom is -0.495 e. The summed E-state index contributed by atoms with van der Waals surface area (Å²) in [5.74, 6) is 1.20.